The Hall–Kier alpha value is -2.58. The third kappa shape index (κ3) is 5.21. The zero-order valence-corrected chi connectivity index (χ0v) is 16.2. The molecule has 0 spiro atoms. The van der Waals surface area contributed by atoms with Gasteiger partial charge in [0.05, 0.1) is 5.56 Å². The van der Waals surface area contributed by atoms with E-state index in [1.165, 1.54) is 24.8 Å². The van der Waals surface area contributed by atoms with Crippen LogP contribution >= 0.6 is 11.6 Å². The minimum atomic E-state index is -0.347. The first-order valence-electron chi connectivity index (χ1n) is 9.33. The summed E-state index contributed by atoms with van der Waals surface area (Å²) in [5.74, 6) is 0.170. The van der Waals surface area contributed by atoms with Crippen LogP contribution in [-0.4, -0.2) is 5.97 Å². The number of esters is 1. The van der Waals surface area contributed by atoms with Crippen molar-refractivity contribution in [3.8, 4) is 16.9 Å². The Bertz CT molecular complexity index is 883. The molecule has 0 aliphatic carbocycles. The smallest absolute Gasteiger partial charge is 0.343 e. The summed E-state index contributed by atoms with van der Waals surface area (Å²) in [6, 6.07) is 22.7. The lowest BCUT2D eigenvalue weighted by Gasteiger charge is -2.08. The van der Waals surface area contributed by atoms with Crippen LogP contribution in [0.4, 0.5) is 0 Å². The molecule has 0 atom stereocenters. The van der Waals surface area contributed by atoms with E-state index in [2.05, 4.69) is 6.92 Å². The summed E-state index contributed by atoms with van der Waals surface area (Å²) in [5, 5.41) is 0.696. The van der Waals surface area contributed by atoms with Gasteiger partial charge in [-0.3, -0.25) is 0 Å². The van der Waals surface area contributed by atoms with Crippen molar-refractivity contribution < 1.29 is 9.53 Å². The third-order valence-electron chi connectivity index (χ3n) is 4.51. The van der Waals surface area contributed by atoms with Gasteiger partial charge in [-0.25, -0.2) is 4.79 Å². The summed E-state index contributed by atoms with van der Waals surface area (Å²) in [4.78, 5) is 12.4. The second kappa shape index (κ2) is 9.38. The first kappa shape index (κ1) is 19.2. The molecule has 0 heterocycles. The van der Waals surface area contributed by atoms with Gasteiger partial charge in [0.1, 0.15) is 5.75 Å². The lowest BCUT2D eigenvalue weighted by Crippen LogP contribution is -2.08. The van der Waals surface area contributed by atoms with Gasteiger partial charge in [-0.1, -0.05) is 73.8 Å². The van der Waals surface area contributed by atoms with Gasteiger partial charge >= 0.3 is 5.97 Å². The average molecular weight is 379 g/mol. The Morgan fingerprint density at radius 3 is 2.26 bits per heavy atom. The predicted octanol–water partition coefficient (Wildman–Crippen LogP) is 6.96. The molecule has 0 unspecified atom stereocenters. The number of aryl methyl sites for hydroxylation is 1. The second-order valence-electron chi connectivity index (χ2n) is 6.55. The predicted molar refractivity (Wildman–Crippen MR) is 112 cm³/mol. The van der Waals surface area contributed by atoms with Crippen molar-refractivity contribution in [1.29, 1.82) is 0 Å². The van der Waals surface area contributed by atoms with E-state index in [9.17, 15) is 4.79 Å². The van der Waals surface area contributed by atoms with Crippen molar-refractivity contribution in [2.45, 2.75) is 32.6 Å². The number of rotatable bonds is 7. The molecular weight excluding hydrogens is 356 g/mol. The fraction of sp³-hybridized carbons (Fsp3) is 0.208. The highest BCUT2D eigenvalue weighted by atomic mass is 35.5. The second-order valence-corrected chi connectivity index (χ2v) is 6.95. The highest BCUT2D eigenvalue weighted by Gasteiger charge is 2.09. The maximum absolute atomic E-state index is 12.4. The normalized spacial score (nSPS) is 10.6. The van der Waals surface area contributed by atoms with E-state index in [0.29, 0.717) is 16.3 Å². The Morgan fingerprint density at radius 2 is 1.59 bits per heavy atom. The average Bonchev–Trinajstić information content (AvgIpc) is 2.70. The summed E-state index contributed by atoms with van der Waals surface area (Å²) in [6.07, 6.45) is 4.67. The summed E-state index contributed by atoms with van der Waals surface area (Å²) in [7, 11) is 0. The fourth-order valence-electron chi connectivity index (χ4n) is 2.95. The molecular formula is C24H23ClO2. The minimum Gasteiger partial charge on any atom is -0.423 e. The van der Waals surface area contributed by atoms with Crippen molar-refractivity contribution in [1.82, 2.24) is 0 Å². The quantitative estimate of drug-likeness (QED) is 0.252. The zero-order chi connectivity index (χ0) is 19.1. The SMILES string of the molecule is CCCCCc1ccc(C(=O)Oc2ccc(-c3ccccc3Cl)cc2)cc1. The molecule has 0 aliphatic heterocycles. The fourth-order valence-corrected chi connectivity index (χ4v) is 3.20. The van der Waals surface area contributed by atoms with Gasteiger partial charge < -0.3 is 4.74 Å². The molecule has 0 radical (unpaired) electrons. The lowest BCUT2D eigenvalue weighted by molar-refractivity contribution is 0.0735. The molecule has 0 bridgehead atoms. The number of halogens is 1. The third-order valence-corrected chi connectivity index (χ3v) is 4.84. The molecule has 0 saturated carbocycles. The van der Waals surface area contributed by atoms with Crippen molar-refractivity contribution >= 4 is 17.6 Å². The number of hydrogen-bond donors (Lipinski definition) is 0. The number of carbonyl (C=O) groups is 1. The number of unbranched alkanes of at least 4 members (excludes halogenated alkanes) is 2. The van der Waals surface area contributed by atoms with E-state index in [-0.39, 0.29) is 5.97 Å². The van der Waals surface area contributed by atoms with Crippen LogP contribution in [0.2, 0.25) is 5.02 Å². The summed E-state index contributed by atoms with van der Waals surface area (Å²) in [5.41, 5.74) is 3.75. The van der Waals surface area contributed by atoms with Gasteiger partial charge in [0.15, 0.2) is 0 Å². The van der Waals surface area contributed by atoms with Gasteiger partial charge in [0.25, 0.3) is 0 Å². The Kier molecular flexibility index (Phi) is 6.67. The van der Waals surface area contributed by atoms with E-state index in [1.807, 2.05) is 60.7 Å². The van der Waals surface area contributed by atoms with Crippen molar-refractivity contribution in [3.05, 3.63) is 88.9 Å². The van der Waals surface area contributed by atoms with Gasteiger partial charge in [0.2, 0.25) is 0 Å². The molecule has 138 valence electrons. The summed E-state index contributed by atoms with van der Waals surface area (Å²) in [6.45, 7) is 2.19. The van der Waals surface area contributed by atoms with Crippen molar-refractivity contribution in [2.75, 3.05) is 0 Å². The maximum Gasteiger partial charge on any atom is 0.343 e. The first-order valence-corrected chi connectivity index (χ1v) is 9.71. The largest absolute Gasteiger partial charge is 0.423 e. The zero-order valence-electron chi connectivity index (χ0n) is 15.5. The highest BCUT2D eigenvalue weighted by molar-refractivity contribution is 6.33. The maximum atomic E-state index is 12.4. The molecule has 0 N–H and O–H groups in total. The van der Waals surface area contributed by atoms with Crippen LogP contribution in [0.25, 0.3) is 11.1 Å². The first-order chi connectivity index (χ1) is 13.2. The number of benzene rings is 3. The minimum absolute atomic E-state index is 0.347. The van der Waals surface area contributed by atoms with Crippen LogP contribution in [0.5, 0.6) is 5.75 Å². The van der Waals surface area contributed by atoms with Crippen LogP contribution in [0.3, 0.4) is 0 Å². The molecule has 27 heavy (non-hydrogen) atoms. The molecule has 0 amide bonds. The van der Waals surface area contributed by atoms with Gasteiger partial charge in [0, 0.05) is 10.6 Å². The van der Waals surface area contributed by atoms with Crippen LogP contribution in [-0.2, 0) is 6.42 Å². The molecule has 2 nitrogen and oxygen atoms in total. The van der Waals surface area contributed by atoms with Gasteiger partial charge in [-0.2, -0.15) is 0 Å². The monoisotopic (exact) mass is 378 g/mol. The van der Waals surface area contributed by atoms with Gasteiger partial charge in [-0.05, 0) is 54.3 Å². The Balaban J connectivity index is 1.63. The number of carbonyl (C=O) groups excluding carboxylic acids is 1. The molecule has 3 heteroatoms. The lowest BCUT2D eigenvalue weighted by atomic mass is 10.1. The summed E-state index contributed by atoms with van der Waals surface area (Å²) < 4.78 is 5.49. The molecule has 0 saturated heterocycles. The van der Waals surface area contributed by atoms with Gasteiger partial charge in [-0.15, -0.1) is 0 Å². The van der Waals surface area contributed by atoms with Crippen molar-refractivity contribution in [2.24, 2.45) is 0 Å². The number of hydrogen-bond acceptors (Lipinski definition) is 2. The van der Waals surface area contributed by atoms with E-state index in [4.69, 9.17) is 16.3 Å². The van der Waals surface area contributed by atoms with Crippen LogP contribution in [0.15, 0.2) is 72.8 Å². The highest BCUT2D eigenvalue weighted by Crippen LogP contribution is 2.29. The van der Waals surface area contributed by atoms with Crippen LogP contribution in [0.1, 0.15) is 42.1 Å². The molecule has 0 fully saturated rings. The standard InChI is InChI=1S/C24H23ClO2/c1-2-3-4-7-18-10-12-20(13-11-18)24(26)27-21-16-14-19(15-17-21)22-8-5-6-9-23(22)25/h5-6,8-17H,2-4,7H2,1H3. The Morgan fingerprint density at radius 1 is 0.889 bits per heavy atom. The van der Waals surface area contributed by atoms with E-state index >= 15 is 0 Å². The van der Waals surface area contributed by atoms with E-state index in [0.717, 1.165) is 17.5 Å². The van der Waals surface area contributed by atoms with E-state index < -0.39 is 0 Å². The molecule has 3 aromatic rings. The topological polar surface area (TPSA) is 26.3 Å². The number of ether oxygens (including phenoxy) is 1. The van der Waals surface area contributed by atoms with E-state index in [1.54, 1.807) is 12.1 Å². The molecule has 0 aliphatic rings. The molecule has 3 rings (SSSR count). The van der Waals surface area contributed by atoms with Crippen LogP contribution in [0, 0.1) is 0 Å². The van der Waals surface area contributed by atoms with Crippen molar-refractivity contribution in [3.63, 3.8) is 0 Å². The van der Waals surface area contributed by atoms with Crippen LogP contribution < -0.4 is 4.74 Å². The summed E-state index contributed by atoms with van der Waals surface area (Å²) >= 11 is 6.23. The molecule has 3 aromatic carbocycles. The molecule has 0 aromatic heterocycles. The Labute approximate surface area is 165 Å².